The van der Waals surface area contributed by atoms with Crippen LogP contribution in [0.2, 0.25) is 0 Å². The zero-order valence-electron chi connectivity index (χ0n) is 21.2. The molecule has 1 aliphatic heterocycles. The molecule has 0 spiro atoms. The Morgan fingerprint density at radius 3 is 2.72 bits per heavy atom. The number of para-hydroxylation sites is 1. The smallest absolute Gasteiger partial charge is 0.259 e. The molecule has 0 bridgehead atoms. The van der Waals surface area contributed by atoms with E-state index in [1.54, 1.807) is 25.6 Å². The van der Waals surface area contributed by atoms with Crippen LogP contribution in [0, 0.1) is 12.8 Å². The van der Waals surface area contributed by atoms with Crippen molar-refractivity contribution in [2.45, 2.75) is 32.7 Å². The van der Waals surface area contributed by atoms with Crippen LogP contribution in [0.1, 0.15) is 35.3 Å². The minimum absolute atomic E-state index is 0.217. The van der Waals surface area contributed by atoms with Crippen molar-refractivity contribution >= 4 is 22.5 Å². The molecule has 7 nitrogen and oxygen atoms in total. The quantitative estimate of drug-likeness (QED) is 0.381. The SMILES string of the molecule is COc1c(C(=O)Nc2ccc3c(C)nn(CCC4CCN(C)CC4)c3c2)cccc1-c1cccnc1. The lowest BCUT2D eigenvalue weighted by atomic mass is 9.94. The van der Waals surface area contributed by atoms with Gasteiger partial charge >= 0.3 is 0 Å². The summed E-state index contributed by atoms with van der Waals surface area (Å²) in [6, 6.07) is 15.4. The van der Waals surface area contributed by atoms with Gasteiger partial charge in [-0.25, -0.2) is 0 Å². The molecule has 4 aromatic rings. The molecule has 0 saturated carbocycles. The number of hydrogen-bond acceptors (Lipinski definition) is 5. The Morgan fingerprint density at radius 2 is 1.97 bits per heavy atom. The molecule has 1 fully saturated rings. The van der Waals surface area contributed by atoms with E-state index in [-0.39, 0.29) is 5.91 Å². The molecule has 0 atom stereocenters. The molecule has 1 saturated heterocycles. The van der Waals surface area contributed by atoms with Crippen LogP contribution in [-0.2, 0) is 6.54 Å². The van der Waals surface area contributed by atoms with Crippen LogP contribution in [0.25, 0.3) is 22.0 Å². The third-order valence-corrected chi connectivity index (χ3v) is 7.22. The lowest BCUT2D eigenvalue weighted by Crippen LogP contribution is -2.30. The second-order valence-corrected chi connectivity index (χ2v) is 9.66. The molecular formula is C29H33N5O2. The molecule has 36 heavy (non-hydrogen) atoms. The number of methoxy groups -OCH3 is 1. The standard InChI is InChI=1S/C29H33N5O2/c1-20-24-10-9-23(18-27(24)34(32-20)17-13-21-11-15-33(2)16-12-21)31-29(35)26-8-4-7-25(28(26)36-3)22-6-5-14-30-19-22/h4-10,14,18-19,21H,11-13,15-17H2,1-3H3,(H,31,35). The van der Waals surface area contributed by atoms with Gasteiger partial charge in [-0.2, -0.15) is 5.10 Å². The predicted octanol–water partition coefficient (Wildman–Crippen LogP) is 5.40. The summed E-state index contributed by atoms with van der Waals surface area (Å²) in [6.07, 6.45) is 7.11. The van der Waals surface area contributed by atoms with Crippen molar-refractivity contribution in [1.29, 1.82) is 0 Å². The number of aromatic nitrogens is 3. The van der Waals surface area contributed by atoms with E-state index in [1.165, 1.54) is 25.9 Å². The van der Waals surface area contributed by atoms with Gasteiger partial charge in [-0.1, -0.05) is 18.2 Å². The van der Waals surface area contributed by atoms with Gasteiger partial charge < -0.3 is 15.0 Å². The maximum absolute atomic E-state index is 13.3. The molecular weight excluding hydrogens is 450 g/mol. The first-order valence-electron chi connectivity index (χ1n) is 12.6. The Labute approximate surface area is 212 Å². The topological polar surface area (TPSA) is 72.3 Å². The highest BCUT2D eigenvalue weighted by Crippen LogP contribution is 2.33. The van der Waals surface area contributed by atoms with E-state index in [2.05, 4.69) is 26.9 Å². The minimum atomic E-state index is -0.217. The maximum Gasteiger partial charge on any atom is 0.259 e. The van der Waals surface area contributed by atoms with Gasteiger partial charge in [-0.3, -0.25) is 14.5 Å². The average Bonchev–Trinajstić information content (AvgIpc) is 3.22. The fourth-order valence-corrected chi connectivity index (χ4v) is 5.13. The molecule has 186 valence electrons. The molecule has 1 aliphatic rings. The van der Waals surface area contributed by atoms with Crippen molar-refractivity contribution in [3.05, 3.63) is 72.2 Å². The number of hydrogen-bond donors (Lipinski definition) is 1. The summed E-state index contributed by atoms with van der Waals surface area (Å²) in [6.45, 7) is 5.27. The van der Waals surface area contributed by atoms with Crippen molar-refractivity contribution in [3.8, 4) is 16.9 Å². The van der Waals surface area contributed by atoms with Gasteiger partial charge in [0.25, 0.3) is 5.91 Å². The number of aryl methyl sites for hydroxylation is 2. The first-order valence-corrected chi connectivity index (χ1v) is 12.6. The number of amides is 1. The first-order chi connectivity index (χ1) is 17.5. The Hall–Kier alpha value is -3.71. The predicted molar refractivity (Wildman–Crippen MR) is 143 cm³/mol. The number of likely N-dealkylation sites (tertiary alicyclic amines) is 1. The third-order valence-electron chi connectivity index (χ3n) is 7.22. The third kappa shape index (κ3) is 4.97. The van der Waals surface area contributed by atoms with Gasteiger partial charge in [0.05, 0.1) is 23.9 Å². The Balaban J connectivity index is 1.37. The van der Waals surface area contributed by atoms with Crippen LogP contribution in [-0.4, -0.2) is 52.8 Å². The van der Waals surface area contributed by atoms with Crippen LogP contribution in [0.3, 0.4) is 0 Å². The van der Waals surface area contributed by atoms with Gasteiger partial charge in [0.2, 0.25) is 0 Å². The summed E-state index contributed by atoms with van der Waals surface area (Å²) >= 11 is 0. The highest BCUT2D eigenvalue weighted by atomic mass is 16.5. The second-order valence-electron chi connectivity index (χ2n) is 9.66. The van der Waals surface area contributed by atoms with E-state index in [0.717, 1.165) is 52.3 Å². The summed E-state index contributed by atoms with van der Waals surface area (Å²) in [7, 11) is 3.78. The molecule has 3 heterocycles. The van der Waals surface area contributed by atoms with Gasteiger partial charge in [0, 0.05) is 41.1 Å². The van der Waals surface area contributed by atoms with Crippen LogP contribution in [0.4, 0.5) is 5.69 Å². The number of nitrogens with zero attached hydrogens (tertiary/aromatic N) is 4. The van der Waals surface area contributed by atoms with Crippen molar-refractivity contribution in [1.82, 2.24) is 19.7 Å². The van der Waals surface area contributed by atoms with E-state index in [1.807, 2.05) is 49.4 Å². The molecule has 2 aromatic carbocycles. The maximum atomic E-state index is 13.3. The summed E-state index contributed by atoms with van der Waals surface area (Å²) in [5.41, 5.74) is 5.00. The number of ether oxygens (including phenoxy) is 1. The molecule has 0 aliphatic carbocycles. The number of carbonyl (C=O) groups is 1. The Morgan fingerprint density at radius 1 is 1.14 bits per heavy atom. The second kappa shape index (κ2) is 10.5. The molecule has 1 amide bonds. The van der Waals surface area contributed by atoms with Gasteiger partial charge in [0.15, 0.2) is 0 Å². The van der Waals surface area contributed by atoms with Gasteiger partial charge in [-0.05, 0) is 82.6 Å². The van der Waals surface area contributed by atoms with Crippen molar-refractivity contribution in [3.63, 3.8) is 0 Å². The van der Waals surface area contributed by atoms with E-state index in [4.69, 9.17) is 9.84 Å². The van der Waals surface area contributed by atoms with Gasteiger partial charge in [-0.15, -0.1) is 0 Å². The lowest BCUT2D eigenvalue weighted by molar-refractivity contribution is 0.102. The van der Waals surface area contributed by atoms with Crippen LogP contribution >= 0.6 is 0 Å². The molecule has 1 N–H and O–H groups in total. The zero-order valence-corrected chi connectivity index (χ0v) is 21.2. The van der Waals surface area contributed by atoms with E-state index in [0.29, 0.717) is 11.3 Å². The van der Waals surface area contributed by atoms with Crippen molar-refractivity contribution < 1.29 is 9.53 Å². The summed E-state index contributed by atoms with van der Waals surface area (Å²) < 4.78 is 7.77. The monoisotopic (exact) mass is 483 g/mol. The summed E-state index contributed by atoms with van der Waals surface area (Å²) in [5, 5.41) is 9.00. The van der Waals surface area contributed by atoms with Crippen LogP contribution in [0.15, 0.2) is 60.9 Å². The van der Waals surface area contributed by atoms with Gasteiger partial charge in [0.1, 0.15) is 5.75 Å². The van der Waals surface area contributed by atoms with Crippen LogP contribution in [0.5, 0.6) is 5.75 Å². The fourth-order valence-electron chi connectivity index (χ4n) is 5.13. The highest BCUT2D eigenvalue weighted by molar-refractivity contribution is 6.08. The van der Waals surface area contributed by atoms with E-state index < -0.39 is 0 Å². The number of pyridine rings is 1. The summed E-state index contributed by atoms with van der Waals surface area (Å²) in [5.74, 6) is 1.05. The number of nitrogens with one attached hydrogen (secondary N) is 1. The van der Waals surface area contributed by atoms with Crippen molar-refractivity contribution in [2.24, 2.45) is 5.92 Å². The molecule has 2 aromatic heterocycles. The highest BCUT2D eigenvalue weighted by Gasteiger charge is 2.19. The number of carbonyl (C=O) groups excluding carboxylic acids is 1. The molecule has 0 unspecified atom stereocenters. The average molecular weight is 484 g/mol. The molecule has 7 heteroatoms. The van der Waals surface area contributed by atoms with Crippen LogP contribution < -0.4 is 10.1 Å². The first kappa shape index (κ1) is 24.0. The number of rotatable bonds is 7. The fraction of sp³-hybridized carbons (Fsp3) is 0.345. The van der Waals surface area contributed by atoms with Crippen molar-refractivity contribution in [2.75, 3.05) is 32.6 Å². The minimum Gasteiger partial charge on any atom is -0.495 e. The Bertz CT molecular complexity index is 1360. The molecule has 5 rings (SSSR count). The number of piperidine rings is 1. The largest absolute Gasteiger partial charge is 0.495 e. The lowest BCUT2D eigenvalue weighted by Gasteiger charge is -2.28. The normalized spacial score (nSPS) is 14.8. The van der Waals surface area contributed by atoms with E-state index >= 15 is 0 Å². The Kier molecular flexibility index (Phi) is 7.00. The van der Waals surface area contributed by atoms with E-state index in [9.17, 15) is 4.79 Å². The number of fused-ring (bicyclic) bond motifs is 1. The zero-order chi connectivity index (χ0) is 25.1. The summed E-state index contributed by atoms with van der Waals surface area (Å²) in [4.78, 5) is 19.9. The molecule has 0 radical (unpaired) electrons. The number of anilines is 1. The number of benzene rings is 2.